The first-order chi connectivity index (χ1) is 19.8. The minimum absolute atomic E-state index is 0.0372. The van der Waals surface area contributed by atoms with Crippen LogP contribution in [-0.2, 0) is 20.9 Å². The number of nitrogens with zero attached hydrogens (tertiary/aromatic N) is 2. The number of aliphatic carboxylic acids is 1. The number of amides is 6. The monoisotopic (exact) mass is 579 g/mol. The molecule has 2 aliphatic rings. The lowest BCUT2D eigenvalue weighted by Gasteiger charge is -2.28. The predicted octanol–water partition coefficient (Wildman–Crippen LogP) is 4.04. The second-order valence-corrected chi connectivity index (χ2v) is 11.6. The molecule has 224 valence electrons. The van der Waals surface area contributed by atoms with Crippen LogP contribution in [0.2, 0.25) is 0 Å². The first-order valence-electron chi connectivity index (χ1n) is 13.9. The lowest BCUT2D eigenvalue weighted by molar-refractivity contribution is -0.140. The van der Waals surface area contributed by atoms with E-state index in [0.717, 1.165) is 23.3 Å². The van der Waals surface area contributed by atoms with Crippen LogP contribution < -0.4 is 16.0 Å². The minimum Gasteiger partial charge on any atom is -0.506 e. The van der Waals surface area contributed by atoms with Gasteiger partial charge in [0, 0.05) is 18.3 Å². The molecule has 4 rings (SSSR count). The van der Waals surface area contributed by atoms with Gasteiger partial charge in [0.1, 0.15) is 17.3 Å². The third kappa shape index (κ3) is 6.81. The number of carboxylic acids is 1. The van der Waals surface area contributed by atoms with E-state index in [1.54, 1.807) is 39.0 Å². The molecule has 0 spiro atoms. The van der Waals surface area contributed by atoms with Crippen LogP contribution in [0.15, 0.2) is 42.5 Å². The number of carbonyl (C=O) groups is 5. The molecular weight excluding hydrogens is 542 g/mol. The number of phenolic OH excluding ortho intramolecular Hbond substituents is 1. The van der Waals surface area contributed by atoms with Crippen molar-refractivity contribution in [3.63, 3.8) is 0 Å². The lowest BCUT2D eigenvalue weighted by Crippen LogP contribution is -2.52. The number of aryl methyl sites for hydroxylation is 1. The maximum Gasteiger partial charge on any atom is 0.328 e. The van der Waals surface area contributed by atoms with Gasteiger partial charge in [-0.15, -0.1) is 0 Å². The summed E-state index contributed by atoms with van der Waals surface area (Å²) in [6.07, 6.45) is 1.79. The van der Waals surface area contributed by atoms with Gasteiger partial charge in [-0.25, -0.2) is 14.5 Å². The summed E-state index contributed by atoms with van der Waals surface area (Å²) in [5.74, 6) is -2.19. The molecule has 0 radical (unpaired) electrons. The van der Waals surface area contributed by atoms with Crippen LogP contribution in [0.4, 0.5) is 21.0 Å². The Morgan fingerprint density at radius 3 is 2.33 bits per heavy atom. The fraction of sp³-hybridized carbons (Fsp3) is 0.433. The number of aromatic hydroxyl groups is 1. The zero-order chi connectivity index (χ0) is 30.8. The number of hydrogen-bond donors (Lipinski definition) is 5. The molecule has 1 saturated carbocycles. The molecule has 1 saturated heterocycles. The zero-order valence-corrected chi connectivity index (χ0v) is 24.1. The van der Waals surface area contributed by atoms with Crippen molar-refractivity contribution in [1.82, 2.24) is 15.1 Å². The van der Waals surface area contributed by atoms with Crippen molar-refractivity contribution in [2.75, 3.05) is 10.6 Å². The van der Waals surface area contributed by atoms with Crippen LogP contribution >= 0.6 is 0 Å². The van der Waals surface area contributed by atoms with E-state index in [9.17, 15) is 29.1 Å². The van der Waals surface area contributed by atoms with Gasteiger partial charge in [0.2, 0.25) is 5.91 Å². The van der Waals surface area contributed by atoms with Gasteiger partial charge in [-0.2, -0.15) is 0 Å². The van der Waals surface area contributed by atoms with Crippen LogP contribution in [-0.4, -0.2) is 67.5 Å². The number of carboxylic acid groups (broad SMARTS) is 1. The number of imide groups is 1. The Kier molecular flexibility index (Phi) is 8.74. The first-order valence-corrected chi connectivity index (χ1v) is 13.9. The van der Waals surface area contributed by atoms with Crippen LogP contribution in [0.1, 0.15) is 57.6 Å². The Hall–Kier alpha value is -4.61. The summed E-state index contributed by atoms with van der Waals surface area (Å²) < 4.78 is 0. The molecule has 1 aliphatic carbocycles. The minimum atomic E-state index is -1.29. The number of urea groups is 2. The number of rotatable bonds is 11. The van der Waals surface area contributed by atoms with E-state index in [2.05, 4.69) is 16.0 Å². The molecule has 0 bridgehead atoms. The molecule has 0 aromatic heterocycles. The van der Waals surface area contributed by atoms with Crippen LogP contribution in [0.25, 0.3) is 0 Å². The Balaban J connectivity index is 1.48. The van der Waals surface area contributed by atoms with E-state index in [0.29, 0.717) is 17.7 Å². The SMILES string of the molecule is Cc1ccccc1NC(=O)Nc1ccc(CN2C(=O)N(C(CC3CC3)C(=O)NC(C)CC(=O)O)C(=O)C2(C)C)cc1O. The Bertz CT molecular complexity index is 1400. The number of benzene rings is 2. The van der Waals surface area contributed by atoms with E-state index in [1.807, 2.05) is 19.1 Å². The molecule has 12 heteroatoms. The molecule has 2 aromatic carbocycles. The van der Waals surface area contributed by atoms with Crippen molar-refractivity contribution < 1.29 is 34.2 Å². The predicted molar refractivity (Wildman–Crippen MR) is 155 cm³/mol. The topological polar surface area (TPSA) is 168 Å². The number of nitrogens with one attached hydrogen (secondary N) is 3. The van der Waals surface area contributed by atoms with E-state index in [1.165, 1.54) is 17.0 Å². The Morgan fingerprint density at radius 2 is 1.71 bits per heavy atom. The number of phenols is 1. The van der Waals surface area contributed by atoms with Gasteiger partial charge in [0.25, 0.3) is 5.91 Å². The molecule has 5 N–H and O–H groups in total. The van der Waals surface area contributed by atoms with Gasteiger partial charge < -0.3 is 31.1 Å². The molecule has 2 atom stereocenters. The van der Waals surface area contributed by atoms with E-state index in [4.69, 9.17) is 5.11 Å². The highest BCUT2D eigenvalue weighted by Crippen LogP contribution is 2.38. The van der Waals surface area contributed by atoms with Gasteiger partial charge in [0.05, 0.1) is 12.1 Å². The van der Waals surface area contributed by atoms with Gasteiger partial charge in [-0.1, -0.05) is 37.1 Å². The maximum absolute atomic E-state index is 13.7. The van der Waals surface area contributed by atoms with Crippen molar-refractivity contribution in [2.45, 2.75) is 77.5 Å². The fourth-order valence-electron chi connectivity index (χ4n) is 5.01. The largest absolute Gasteiger partial charge is 0.506 e. The normalized spacial score (nSPS) is 17.5. The molecule has 1 heterocycles. The fourth-order valence-corrected chi connectivity index (χ4v) is 5.01. The highest BCUT2D eigenvalue weighted by molar-refractivity contribution is 6.09. The lowest BCUT2D eigenvalue weighted by atomic mass is 10.0. The van der Waals surface area contributed by atoms with E-state index < -0.39 is 47.5 Å². The molecule has 2 unspecified atom stereocenters. The molecular formula is C30H37N5O7. The average Bonchev–Trinajstić information content (AvgIpc) is 3.70. The average molecular weight is 580 g/mol. The van der Waals surface area contributed by atoms with Crippen molar-refractivity contribution in [2.24, 2.45) is 5.92 Å². The van der Waals surface area contributed by atoms with E-state index >= 15 is 0 Å². The number of carbonyl (C=O) groups excluding carboxylic acids is 4. The molecule has 1 aliphatic heterocycles. The summed E-state index contributed by atoms with van der Waals surface area (Å²) >= 11 is 0. The quantitative estimate of drug-likeness (QED) is 0.198. The summed E-state index contributed by atoms with van der Waals surface area (Å²) in [4.78, 5) is 66.3. The van der Waals surface area contributed by atoms with Crippen molar-refractivity contribution in [3.05, 3.63) is 53.6 Å². The van der Waals surface area contributed by atoms with Gasteiger partial charge in [0.15, 0.2) is 0 Å². The third-order valence-corrected chi connectivity index (χ3v) is 7.64. The smallest absolute Gasteiger partial charge is 0.328 e. The van der Waals surface area contributed by atoms with Gasteiger partial charge in [-0.05, 0) is 69.4 Å². The number of hydrogen-bond acceptors (Lipinski definition) is 6. The number of anilines is 2. The maximum atomic E-state index is 13.7. The first kappa shape index (κ1) is 30.4. The van der Waals surface area contributed by atoms with Crippen LogP contribution in [0.5, 0.6) is 5.75 Å². The molecule has 6 amide bonds. The van der Waals surface area contributed by atoms with Crippen LogP contribution in [0, 0.1) is 12.8 Å². The highest BCUT2D eigenvalue weighted by atomic mass is 16.4. The molecule has 12 nitrogen and oxygen atoms in total. The summed E-state index contributed by atoms with van der Waals surface area (Å²) in [5.41, 5.74) is 0.879. The van der Waals surface area contributed by atoms with Crippen molar-refractivity contribution in [1.29, 1.82) is 0 Å². The summed E-state index contributed by atoms with van der Waals surface area (Å²) in [6, 6.07) is 8.87. The third-order valence-electron chi connectivity index (χ3n) is 7.64. The summed E-state index contributed by atoms with van der Waals surface area (Å²) in [7, 11) is 0. The van der Waals surface area contributed by atoms with Crippen molar-refractivity contribution in [3.8, 4) is 5.75 Å². The van der Waals surface area contributed by atoms with Gasteiger partial charge in [-0.3, -0.25) is 14.4 Å². The Labute approximate surface area is 244 Å². The second-order valence-electron chi connectivity index (χ2n) is 11.6. The zero-order valence-electron chi connectivity index (χ0n) is 24.1. The second kappa shape index (κ2) is 12.1. The van der Waals surface area contributed by atoms with Crippen LogP contribution in [0.3, 0.4) is 0 Å². The molecule has 2 fully saturated rings. The molecule has 42 heavy (non-hydrogen) atoms. The van der Waals surface area contributed by atoms with Gasteiger partial charge >= 0.3 is 18.0 Å². The standard InChI is InChI=1S/C30H37N5O7/c1-17-7-5-6-8-21(17)32-28(41)33-22-12-11-20(15-24(22)36)16-34-29(42)35(27(40)30(34,3)4)23(14-19-9-10-19)26(39)31-18(2)13-25(37)38/h5-8,11-12,15,18-19,23,36H,9-10,13-14,16H2,1-4H3,(H,31,39)(H,37,38)(H2,32,33,41). The van der Waals surface area contributed by atoms with E-state index in [-0.39, 0.29) is 30.3 Å². The summed E-state index contributed by atoms with van der Waals surface area (Å²) in [5, 5.41) is 27.7. The Morgan fingerprint density at radius 1 is 1.05 bits per heavy atom. The summed E-state index contributed by atoms with van der Waals surface area (Å²) in [6.45, 7) is 6.57. The van der Waals surface area contributed by atoms with Crippen molar-refractivity contribution >= 4 is 41.2 Å². The highest BCUT2D eigenvalue weighted by Gasteiger charge is 2.55. The number of para-hydroxylation sites is 1. The molecule has 2 aromatic rings.